The minimum absolute atomic E-state index is 0.242. The molecule has 1 aromatic heterocycles. The molecule has 3 aromatic carbocycles. The second-order valence-corrected chi connectivity index (χ2v) is 8.95. The maximum atomic E-state index is 9.45. The van der Waals surface area contributed by atoms with Crippen LogP contribution in [0, 0.1) is 0 Å². The maximum absolute atomic E-state index is 9.45. The molecule has 3 nitrogen and oxygen atoms in total. The fourth-order valence-electron chi connectivity index (χ4n) is 2.97. The van der Waals surface area contributed by atoms with Crippen molar-refractivity contribution in [1.29, 1.82) is 0 Å². The molecule has 4 rings (SSSR count). The number of hydrogen-bond donors (Lipinski definition) is 2. The molecule has 0 amide bonds. The van der Waals surface area contributed by atoms with E-state index in [1.807, 2.05) is 12.1 Å². The minimum atomic E-state index is -1.43. The van der Waals surface area contributed by atoms with Gasteiger partial charge in [0.2, 0.25) is 0 Å². The molecule has 110 valence electrons. The van der Waals surface area contributed by atoms with E-state index >= 15 is 0 Å². The van der Waals surface area contributed by atoms with Gasteiger partial charge in [-0.25, -0.2) is 0 Å². The van der Waals surface area contributed by atoms with Gasteiger partial charge in [0.1, 0.15) is 0 Å². The van der Waals surface area contributed by atoms with Crippen molar-refractivity contribution in [1.82, 2.24) is 2.78 Å². The van der Waals surface area contributed by atoms with Crippen LogP contribution in [0.2, 0.25) is 0 Å². The Hall–Kier alpha value is -0.835. The van der Waals surface area contributed by atoms with Crippen molar-refractivity contribution in [3.05, 3.63) is 54.6 Å². The molecular weight excluding hydrogens is 503 g/mol. The molecule has 6 heteroatoms. The van der Waals surface area contributed by atoms with Crippen LogP contribution in [0.4, 0.5) is 0 Å². The summed E-state index contributed by atoms with van der Waals surface area (Å²) in [5, 5.41) is 23.8. The Kier molecular flexibility index (Phi) is 3.79. The first-order valence-corrected chi connectivity index (χ1v) is 14.0. The second kappa shape index (κ2) is 5.66. The summed E-state index contributed by atoms with van der Waals surface area (Å²) in [6.07, 6.45) is 0. The molecule has 0 spiro atoms. The zero-order valence-corrected chi connectivity index (χ0v) is 15.7. The third-order valence-corrected chi connectivity index (χ3v) is 7.80. The van der Waals surface area contributed by atoms with Gasteiger partial charge in [-0.05, 0) is 0 Å². The van der Waals surface area contributed by atoms with Gasteiger partial charge in [0, 0.05) is 0 Å². The van der Waals surface area contributed by atoms with Gasteiger partial charge in [-0.3, -0.25) is 0 Å². The van der Waals surface area contributed by atoms with Crippen LogP contribution in [-0.4, -0.2) is 19.9 Å². The number of nitrogens with zero attached hydrogens (tertiary/aromatic N) is 1. The normalized spacial score (nSPS) is 11.8. The van der Waals surface area contributed by atoms with Gasteiger partial charge >= 0.3 is 149 Å². The van der Waals surface area contributed by atoms with Crippen molar-refractivity contribution in [3.63, 3.8) is 0 Å². The monoisotopic (exact) mass is 514 g/mol. The summed E-state index contributed by atoms with van der Waals surface area (Å²) >= 11 is 2.21. The SMILES string of the molecule is OB(O)c1ccc2c3ccc4ccccc4c3n([I-]I)c2c1. The standard InChI is InChI=1S/C16H11BI2NO2/c18-19-20-15-9-11(17(21)22)6-8-13(15)14-7-5-10-3-1-2-4-12(10)16(14)20/h1-9,21-22H/q-1. The van der Waals surface area contributed by atoms with Crippen LogP contribution in [-0.2, 0) is 0 Å². The van der Waals surface area contributed by atoms with E-state index in [-0.39, 0.29) is 17.5 Å². The molecule has 0 aliphatic rings. The zero-order chi connectivity index (χ0) is 15.3. The van der Waals surface area contributed by atoms with Gasteiger partial charge in [-0.15, -0.1) is 0 Å². The molecule has 22 heavy (non-hydrogen) atoms. The number of benzene rings is 3. The van der Waals surface area contributed by atoms with Gasteiger partial charge in [-0.1, -0.05) is 0 Å². The van der Waals surface area contributed by atoms with Gasteiger partial charge < -0.3 is 0 Å². The first kappa shape index (κ1) is 14.7. The summed E-state index contributed by atoms with van der Waals surface area (Å²) in [5.41, 5.74) is 2.87. The number of hydrogen-bond acceptors (Lipinski definition) is 2. The summed E-state index contributed by atoms with van der Waals surface area (Å²) in [5.74, 6) is 0. The van der Waals surface area contributed by atoms with Gasteiger partial charge in [0.15, 0.2) is 0 Å². The molecule has 4 aromatic rings. The number of aromatic nitrogens is 1. The summed E-state index contributed by atoms with van der Waals surface area (Å²) in [4.78, 5) is 0. The predicted octanol–water partition coefficient (Wildman–Crippen LogP) is -0.170. The van der Waals surface area contributed by atoms with Crippen LogP contribution in [0.5, 0.6) is 0 Å². The van der Waals surface area contributed by atoms with Gasteiger partial charge in [-0.2, -0.15) is 0 Å². The summed E-state index contributed by atoms with van der Waals surface area (Å²) in [6, 6.07) is 18.4. The van der Waals surface area contributed by atoms with Crippen LogP contribution in [0.25, 0.3) is 32.6 Å². The van der Waals surface area contributed by atoms with E-state index in [4.69, 9.17) is 0 Å². The summed E-state index contributed by atoms with van der Waals surface area (Å²) < 4.78 is 2.35. The van der Waals surface area contributed by atoms with Crippen LogP contribution < -0.4 is 23.0 Å². The zero-order valence-electron chi connectivity index (χ0n) is 11.4. The van der Waals surface area contributed by atoms with Crippen molar-refractivity contribution in [3.8, 4) is 0 Å². The van der Waals surface area contributed by atoms with Crippen molar-refractivity contribution >= 4 is 63.8 Å². The molecule has 0 atom stereocenters. The Labute approximate surface area is 147 Å². The number of rotatable bonds is 2. The molecule has 0 saturated carbocycles. The Morgan fingerprint density at radius 1 is 0.909 bits per heavy atom. The van der Waals surface area contributed by atoms with E-state index in [0.717, 1.165) is 5.52 Å². The fraction of sp³-hybridized carbons (Fsp3) is 0. The van der Waals surface area contributed by atoms with Crippen LogP contribution >= 0.6 is 18.6 Å². The Morgan fingerprint density at radius 3 is 2.45 bits per heavy atom. The first-order chi connectivity index (χ1) is 10.7. The van der Waals surface area contributed by atoms with Crippen molar-refractivity contribution in [2.24, 2.45) is 0 Å². The van der Waals surface area contributed by atoms with Crippen molar-refractivity contribution < 1.29 is 27.6 Å². The molecule has 0 fully saturated rings. The molecule has 0 aliphatic heterocycles. The molecule has 0 aliphatic carbocycles. The van der Waals surface area contributed by atoms with Crippen molar-refractivity contribution in [2.45, 2.75) is 0 Å². The fourth-order valence-corrected chi connectivity index (χ4v) is 6.81. The Bertz CT molecular complexity index is 1010. The Balaban J connectivity index is 2.23. The van der Waals surface area contributed by atoms with Gasteiger partial charge in [0.25, 0.3) is 0 Å². The summed E-state index contributed by atoms with van der Waals surface area (Å²) in [7, 11) is -1.43. The molecule has 0 saturated heterocycles. The molecule has 1 heterocycles. The van der Waals surface area contributed by atoms with E-state index in [1.54, 1.807) is 6.07 Å². The molecule has 0 unspecified atom stereocenters. The van der Waals surface area contributed by atoms with Crippen molar-refractivity contribution in [2.75, 3.05) is 0 Å². The van der Waals surface area contributed by atoms with Gasteiger partial charge in [0.05, 0.1) is 0 Å². The average molecular weight is 514 g/mol. The first-order valence-electron chi connectivity index (χ1n) is 6.79. The molecule has 2 N–H and O–H groups in total. The topological polar surface area (TPSA) is 45.4 Å². The Morgan fingerprint density at radius 2 is 1.68 bits per heavy atom. The quantitative estimate of drug-likeness (QED) is 0.289. The predicted molar refractivity (Wildman–Crippen MR) is 96.2 cm³/mol. The number of fused-ring (bicyclic) bond motifs is 5. The summed E-state index contributed by atoms with van der Waals surface area (Å²) in [6.45, 7) is 0. The van der Waals surface area contributed by atoms with E-state index in [9.17, 15) is 10.0 Å². The van der Waals surface area contributed by atoms with E-state index in [0.29, 0.717) is 5.46 Å². The van der Waals surface area contributed by atoms with E-state index in [2.05, 4.69) is 57.8 Å². The molecular formula is C16H11BI2NO2-. The number of halogens is 2. The molecule has 0 bridgehead atoms. The van der Waals surface area contributed by atoms with E-state index in [1.165, 1.54) is 27.1 Å². The third kappa shape index (κ3) is 2.16. The third-order valence-electron chi connectivity index (χ3n) is 3.98. The average Bonchev–Trinajstić information content (AvgIpc) is 2.88. The van der Waals surface area contributed by atoms with Crippen LogP contribution in [0.1, 0.15) is 0 Å². The molecule has 0 radical (unpaired) electrons. The second-order valence-electron chi connectivity index (χ2n) is 5.18. The van der Waals surface area contributed by atoms with E-state index < -0.39 is 7.12 Å². The van der Waals surface area contributed by atoms with Crippen LogP contribution in [0.15, 0.2) is 54.6 Å². The van der Waals surface area contributed by atoms with Crippen LogP contribution in [0.3, 0.4) is 0 Å².